The maximum atomic E-state index is 12.7. The minimum absolute atomic E-state index is 0.0995. The molecule has 0 unspecified atom stereocenters. The third-order valence-corrected chi connectivity index (χ3v) is 5.05. The van der Waals surface area contributed by atoms with E-state index < -0.39 is 5.60 Å². The molecule has 4 nitrogen and oxygen atoms in total. The molecule has 0 N–H and O–H groups in total. The predicted octanol–water partition coefficient (Wildman–Crippen LogP) is 5.06. The summed E-state index contributed by atoms with van der Waals surface area (Å²) >= 11 is 0. The summed E-state index contributed by atoms with van der Waals surface area (Å²) in [6.07, 6.45) is 5.11. The fourth-order valence-corrected chi connectivity index (χ4v) is 3.76. The Morgan fingerprint density at radius 3 is 2.36 bits per heavy atom. The van der Waals surface area contributed by atoms with Crippen molar-refractivity contribution >= 4 is 5.78 Å². The van der Waals surface area contributed by atoms with Crippen LogP contribution in [0.3, 0.4) is 0 Å². The van der Waals surface area contributed by atoms with Gasteiger partial charge in [-0.25, -0.2) is 0 Å². The normalized spacial score (nSPS) is 20.2. The van der Waals surface area contributed by atoms with Gasteiger partial charge in [0.2, 0.25) is 5.75 Å². The summed E-state index contributed by atoms with van der Waals surface area (Å²) in [5.74, 6) is 1.94. The fourth-order valence-electron chi connectivity index (χ4n) is 3.76. The van der Waals surface area contributed by atoms with Gasteiger partial charge in [0.15, 0.2) is 17.3 Å². The molecule has 0 spiro atoms. The first-order valence-corrected chi connectivity index (χ1v) is 9.27. The van der Waals surface area contributed by atoms with Gasteiger partial charge in [0.05, 0.1) is 25.2 Å². The average molecular weight is 346 g/mol. The van der Waals surface area contributed by atoms with E-state index in [4.69, 9.17) is 14.2 Å². The molecule has 2 aliphatic rings. The van der Waals surface area contributed by atoms with Crippen LogP contribution in [0.25, 0.3) is 0 Å². The van der Waals surface area contributed by atoms with E-state index in [2.05, 4.69) is 20.8 Å². The molecule has 1 fully saturated rings. The molecule has 1 saturated carbocycles. The SMILES string of the molecule is COc1c2c(cc(C(C)(C)C)c1OC1CCCC1)C(=O)CC(C)(C)O2. The second kappa shape index (κ2) is 6.22. The number of carbonyl (C=O) groups excluding carboxylic acids is 1. The van der Waals surface area contributed by atoms with Crippen molar-refractivity contribution in [1.29, 1.82) is 0 Å². The molecule has 0 amide bonds. The van der Waals surface area contributed by atoms with Crippen molar-refractivity contribution in [3.05, 3.63) is 17.2 Å². The lowest BCUT2D eigenvalue weighted by Gasteiger charge is -2.35. The van der Waals surface area contributed by atoms with E-state index in [-0.39, 0.29) is 17.3 Å². The van der Waals surface area contributed by atoms with Gasteiger partial charge in [-0.15, -0.1) is 0 Å². The molecule has 1 aliphatic heterocycles. The first kappa shape index (κ1) is 18.1. The second-order valence-electron chi connectivity index (χ2n) is 8.90. The molecule has 0 radical (unpaired) electrons. The number of Topliss-reactive ketones (excluding diaryl/α,β-unsaturated/α-hetero) is 1. The fraction of sp³-hybridized carbons (Fsp3) is 0.667. The zero-order valence-electron chi connectivity index (χ0n) is 16.3. The van der Waals surface area contributed by atoms with Crippen molar-refractivity contribution in [1.82, 2.24) is 0 Å². The largest absolute Gasteiger partial charge is 0.490 e. The third kappa shape index (κ3) is 3.49. The summed E-state index contributed by atoms with van der Waals surface area (Å²) < 4.78 is 18.3. The number of rotatable bonds is 3. The number of fused-ring (bicyclic) bond motifs is 1. The first-order chi connectivity index (χ1) is 11.6. The van der Waals surface area contributed by atoms with Gasteiger partial charge in [-0.2, -0.15) is 0 Å². The van der Waals surface area contributed by atoms with E-state index in [0.717, 1.165) is 24.2 Å². The van der Waals surface area contributed by atoms with E-state index in [9.17, 15) is 4.79 Å². The Balaban J connectivity index is 2.18. The Hall–Kier alpha value is -1.71. The lowest BCUT2D eigenvalue weighted by atomic mass is 9.82. The van der Waals surface area contributed by atoms with Crippen LogP contribution in [0, 0.1) is 0 Å². The molecule has 0 saturated heterocycles. The quantitative estimate of drug-likeness (QED) is 0.767. The smallest absolute Gasteiger partial charge is 0.204 e. The van der Waals surface area contributed by atoms with Crippen molar-refractivity contribution in [3.63, 3.8) is 0 Å². The van der Waals surface area contributed by atoms with Crippen LogP contribution in [0.5, 0.6) is 17.2 Å². The van der Waals surface area contributed by atoms with Crippen LogP contribution in [-0.4, -0.2) is 24.6 Å². The Morgan fingerprint density at radius 2 is 1.80 bits per heavy atom. The van der Waals surface area contributed by atoms with Crippen molar-refractivity contribution in [2.24, 2.45) is 0 Å². The van der Waals surface area contributed by atoms with E-state index in [1.54, 1.807) is 7.11 Å². The molecule has 138 valence electrons. The van der Waals surface area contributed by atoms with Gasteiger partial charge >= 0.3 is 0 Å². The molecular formula is C21H30O4. The number of methoxy groups -OCH3 is 1. The summed E-state index contributed by atoms with van der Waals surface area (Å²) in [4.78, 5) is 12.7. The minimum Gasteiger partial charge on any atom is -0.490 e. The summed E-state index contributed by atoms with van der Waals surface area (Å²) in [5.41, 5.74) is 0.917. The molecule has 1 aliphatic carbocycles. The maximum Gasteiger partial charge on any atom is 0.204 e. The summed E-state index contributed by atoms with van der Waals surface area (Å²) in [6, 6.07) is 1.96. The van der Waals surface area contributed by atoms with Gasteiger partial charge in [-0.05, 0) is 51.0 Å². The van der Waals surface area contributed by atoms with Crippen LogP contribution in [-0.2, 0) is 5.41 Å². The topological polar surface area (TPSA) is 44.8 Å². The molecule has 0 bridgehead atoms. The summed E-state index contributed by atoms with van der Waals surface area (Å²) in [5, 5.41) is 0. The number of hydrogen-bond acceptors (Lipinski definition) is 4. The van der Waals surface area contributed by atoms with Crippen LogP contribution in [0.4, 0.5) is 0 Å². The van der Waals surface area contributed by atoms with E-state index >= 15 is 0 Å². The van der Waals surface area contributed by atoms with Gasteiger partial charge in [0.25, 0.3) is 0 Å². The number of ketones is 1. The molecule has 4 heteroatoms. The first-order valence-electron chi connectivity index (χ1n) is 9.27. The van der Waals surface area contributed by atoms with Gasteiger partial charge in [0, 0.05) is 5.56 Å². The zero-order chi connectivity index (χ0) is 18.4. The highest BCUT2D eigenvalue weighted by Crippen LogP contribution is 2.51. The molecule has 1 heterocycles. The summed E-state index contributed by atoms with van der Waals surface area (Å²) in [6.45, 7) is 10.3. The van der Waals surface area contributed by atoms with E-state index in [1.807, 2.05) is 19.9 Å². The monoisotopic (exact) mass is 346 g/mol. The summed E-state index contributed by atoms with van der Waals surface area (Å²) in [7, 11) is 1.62. The standard InChI is InChI=1S/C21H30O4/c1-20(2,3)15-11-14-16(22)12-21(4,5)25-17(14)19(23-6)18(15)24-13-9-7-8-10-13/h11,13H,7-10,12H2,1-6H3. The Labute approximate surface area is 150 Å². The van der Waals surface area contributed by atoms with Crippen molar-refractivity contribution in [2.45, 2.75) is 83.8 Å². The number of carbonyl (C=O) groups is 1. The van der Waals surface area contributed by atoms with Gasteiger partial charge in [-0.3, -0.25) is 4.79 Å². The van der Waals surface area contributed by atoms with Crippen molar-refractivity contribution < 1.29 is 19.0 Å². The maximum absolute atomic E-state index is 12.7. The second-order valence-corrected chi connectivity index (χ2v) is 8.90. The molecule has 0 atom stereocenters. The Morgan fingerprint density at radius 1 is 1.16 bits per heavy atom. The molecular weight excluding hydrogens is 316 g/mol. The highest BCUT2D eigenvalue weighted by molar-refractivity contribution is 6.02. The Kier molecular flexibility index (Phi) is 4.50. The van der Waals surface area contributed by atoms with Crippen molar-refractivity contribution in [3.8, 4) is 17.2 Å². The van der Waals surface area contributed by atoms with E-state index in [0.29, 0.717) is 23.5 Å². The molecule has 0 aromatic heterocycles. The van der Waals surface area contributed by atoms with Crippen LogP contribution in [0.1, 0.15) is 82.6 Å². The van der Waals surface area contributed by atoms with Gasteiger partial charge in [0.1, 0.15) is 5.60 Å². The van der Waals surface area contributed by atoms with Gasteiger partial charge in [-0.1, -0.05) is 20.8 Å². The zero-order valence-corrected chi connectivity index (χ0v) is 16.3. The molecule has 3 rings (SSSR count). The number of ether oxygens (including phenoxy) is 3. The molecule has 1 aromatic carbocycles. The molecule has 1 aromatic rings. The van der Waals surface area contributed by atoms with Crippen LogP contribution < -0.4 is 14.2 Å². The van der Waals surface area contributed by atoms with Gasteiger partial charge < -0.3 is 14.2 Å². The lowest BCUT2D eigenvalue weighted by Crippen LogP contribution is -2.36. The number of hydrogen-bond donors (Lipinski definition) is 0. The van der Waals surface area contributed by atoms with E-state index in [1.165, 1.54) is 12.8 Å². The highest BCUT2D eigenvalue weighted by atomic mass is 16.5. The average Bonchev–Trinajstić information content (AvgIpc) is 2.97. The lowest BCUT2D eigenvalue weighted by molar-refractivity contribution is 0.0594. The minimum atomic E-state index is -0.536. The van der Waals surface area contributed by atoms with Crippen LogP contribution in [0.15, 0.2) is 6.07 Å². The molecule has 25 heavy (non-hydrogen) atoms. The third-order valence-electron chi connectivity index (χ3n) is 5.05. The van der Waals surface area contributed by atoms with Crippen molar-refractivity contribution in [2.75, 3.05) is 7.11 Å². The predicted molar refractivity (Wildman–Crippen MR) is 98.2 cm³/mol. The number of benzene rings is 1. The van der Waals surface area contributed by atoms with Crippen LogP contribution >= 0.6 is 0 Å². The highest BCUT2D eigenvalue weighted by Gasteiger charge is 2.39. The Bertz CT molecular complexity index is 676. The van der Waals surface area contributed by atoms with Crippen LogP contribution in [0.2, 0.25) is 0 Å².